The van der Waals surface area contributed by atoms with Crippen LogP contribution in [-0.2, 0) is 17.6 Å². The lowest BCUT2D eigenvalue weighted by Crippen LogP contribution is -2.34. The largest absolute Gasteiger partial charge is 0.369 e. The fourth-order valence-corrected chi connectivity index (χ4v) is 3.53. The first kappa shape index (κ1) is 17.3. The van der Waals surface area contributed by atoms with Crippen LogP contribution in [0.3, 0.4) is 0 Å². The van der Waals surface area contributed by atoms with Crippen LogP contribution in [-0.4, -0.2) is 35.5 Å². The van der Waals surface area contributed by atoms with Gasteiger partial charge in [-0.2, -0.15) is 0 Å². The molecule has 0 bridgehead atoms. The molecule has 1 aromatic heterocycles. The van der Waals surface area contributed by atoms with Crippen LogP contribution in [0.5, 0.6) is 0 Å². The van der Waals surface area contributed by atoms with E-state index in [4.69, 9.17) is 0 Å². The number of fused-ring (bicyclic) bond motifs is 2. The molecule has 1 amide bonds. The maximum atomic E-state index is 12.1. The van der Waals surface area contributed by atoms with Crippen molar-refractivity contribution in [3.8, 4) is 0 Å². The van der Waals surface area contributed by atoms with Gasteiger partial charge < -0.3 is 15.2 Å². The van der Waals surface area contributed by atoms with Gasteiger partial charge in [-0.3, -0.25) is 9.59 Å². The van der Waals surface area contributed by atoms with Crippen molar-refractivity contribution in [3.63, 3.8) is 0 Å². The monoisotopic (exact) mass is 362 g/mol. The summed E-state index contributed by atoms with van der Waals surface area (Å²) in [5.41, 5.74) is 4.25. The van der Waals surface area contributed by atoms with Crippen molar-refractivity contribution in [1.29, 1.82) is 0 Å². The minimum absolute atomic E-state index is 0.0585. The van der Waals surface area contributed by atoms with E-state index >= 15 is 0 Å². The Balaban J connectivity index is 1.28. The minimum Gasteiger partial charge on any atom is -0.369 e. The average molecular weight is 362 g/mol. The fourth-order valence-electron chi connectivity index (χ4n) is 3.53. The summed E-state index contributed by atoms with van der Waals surface area (Å²) >= 11 is 0. The Bertz CT molecular complexity index is 1030. The summed E-state index contributed by atoms with van der Waals surface area (Å²) in [6, 6.07) is 15.8. The van der Waals surface area contributed by atoms with Gasteiger partial charge in [-0.15, -0.1) is 0 Å². The van der Waals surface area contributed by atoms with Crippen LogP contribution in [0.25, 0.3) is 11.0 Å². The third-order valence-corrected chi connectivity index (χ3v) is 4.95. The first-order valence-corrected chi connectivity index (χ1v) is 9.28. The Kier molecular flexibility index (Phi) is 4.87. The van der Waals surface area contributed by atoms with Gasteiger partial charge in [0.25, 0.3) is 5.56 Å². The van der Waals surface area contributed by atoms with Gasteiger partial charge >= 0.3 is 0 Å². The Hall–Kier alpha value is -3.15. The number of hydrogen-bond acceptors (Lipinski definition) is 4. The highest BCUT2D eigenvalue weighted by Crippen LogP contribution is 2.26. The van der Waals surface area contributed by atoms with E-state index in [1.165, 1.54) is 11.3 Å². The summed E-state index contributed by atoms with van der Waals surface area (Å²) < 4.78 is 0. The summed E-state index contributed by atoms with van der Waals surface area (Å²) in [4.78, 5) is 33.7. The third kappa shape index (κ3) is 3.84. The van der Waals surface area contributed by atoms with E-state index in [9.17, 15) is 9.59 Å². The van der Waals surface area contributed by atoms with Crippen LogP contribution in [0.1, 0.15) is 17.7 Å². The second-order valence-corrected chi connectivity index (χ2v) is 6.75. The van der Waals surface area contributed by atoms with Crippen molar-refractivity contribution in [2.45, 2.75) is 19.3 Å². The molecule has 2 N–H and O–H groups in total. The summed E-state index contributed by atoms with van der Waals surface area (Å²) in [7, 11) is 0. The lowest BCUT2D eigenvalue weighted by atomic mass is 10.2. The number of nitrogens with one attached hydrogen (secondary N) is 2. The van der Waals surface area contributed by atoms with E-state index in [1.54, 1.807) is 0 Å². The Labute approximate surface area is 157 Å². The lowest BCUT2D eigenvalue weighted by Gasteiger charge is -2.19. The van der Waals surface area contributed by atoms with E-state index in [2.05, 4.69) is 38.4 Å². The zero-order valence-corrected chi connectivity index (χ0v) is 15.1. The third-order valence-electron chi connectivity index (χ3n) is 4.95. The number of carbonyl (C=O) groups excluding carboxylic acids is 1. The molecule has 0 saturated heterocycles. The molecule has 6 nitrogen and oxygen atoms in total. The van der Waals surface area contributed by atoms with E-state index < -0.39 is 0 Å². The molecule has 0 spiro atoms. The van der Waals surface area contributed by atoms with Gasteiger partial charge in [-0.05, 0) is 30.2 Å². The molecule has 4 rings (SSSR count). The Morgan fingerprint density at radius 2 is 1.96 bits per heavy atom. The molecule has 0 atom stereocenters. The van der Waals surface area contributed by atoms with Crippen molar-refractivity contribution in [1.82, 2.24) is 15.3 Å². The maximum absolute atomic E-state index is 12.1. The first-order chi connectivity index (χ1) is 13.2. The van der Waals surface area contributed by atoms with Crippen molar-refractivity contribution < 1.29 is 4.79 Å². The zero-order valence-electron chi connectivity index (χ0n) is 15.1. The van der Waals surface area contributed by atoms with Crippen molar-refractivity contribution in [2.24, 2.45) is 0 Å². The van der Waals surface area contributed by atoms with Crippen LogP contribution in [0.2, 0.25) is 0 Å². The van der Waals surface area contributed by atoms with E-state index in [1.807, 2.05) is 30.3 Å². The molecule has 3 aromatic rings. The SMILES string of the molecule is O=C(CCc1nc2ccccc2[nH]c1=O)NCCN1CCc2ccccc21. The molecular weight excluding hydrogens is 340 g/mol. The highest BCUT2D eigenvalue weighted by atomic mass is 16.1. The topological polar surface area (TPSA) is 78.1 Å². The van der Waals surface area contributed by atoms with Gasteiger partial charge in [0.2, 0.25) is 5.91 Å². The van der Waals surface area contributed by atoms with Crippen LogP contribution in [0.15, 0.2) is 53.3 Å². The standard InChI is InChI=1S/C21H22N4O2/c26-20(22-12-14-25-13-11-15-5-1-4-8-19(15)25)10-9-18-21(27)24-17-7-3-2-6-16(17)23-18/h1-8H,9-14H2,(H,22,26)(H,24,27). The van der Waals surface area contributed by atoms with Crippen molar-refractivity contribution in [2.75, 3.05) is 24.5 Å². The van der Waals surface area contributed by atoms with Gasteiger partial charge in [-0.1, -0.05) is 30.3 Å². The number of amides is 1. The predicted molar refractivity (Wildman–Crippen MR) is 106 cm³/mol. The number of aryl methyl sites for hydroxylation is 1. The summed E-state index contributed by atoms with van der Waals surface area (Å²) in [5.74, 6) is -0.0585. The molecule has 2 aromatic carbocycles. The molecule has 1 aliphatic rings. The number of hydrogen-bond donors (Lipinski definition) is 2. The fraction of sp³-hybridized carbons (Fsp3) is 0.286. The summed E-state index contributed by atoms with van der Waals surface area (Å²) in [6.07, 6.45) is 1.64. The molecular formula is C21H22N4O2. The number of anilines is 1. The highest BCUT2D eigenvalue weighted by molar-refractivity contribution is 5.76. The van der Waals surface area contributed by atoms with Crippen LogP contribution in [0.4, 0.5) is 5.69 Å². The molecule has 6 heteroatoms. The number of aromatic amines is 1. The zero-order chi connectivity index (χ0) is 18.6. The molecule has 2 heterocycles. The Morgan fingerprint density at radius 3 is 2.89 bits per heavy atom. The number of carbonyl (C=O) groups is 1. The van der Waals surface area contributed by atoms with Gasteiger partial charge in [-0.25, -0.2) is 4.98 Å². The van der Waals surface area contributed by atoms with E-state index in [0.717, 1.165) is 25.0 Å². The van der Waals surface area contributed by atoms with Crippen LogP contribution >= 0.6 is 0 Å². The van der Waals surface area contributed by atoms with Gasteiger partial charge in [0.1, 0.15) is 5.69 Å². The van der Waals surface area contributed by atoms with Crippen LogP contribution in [0, 0.1) is 0 Å². The number of benzene rings is 2. The lowest BCUT2D eigenvalue weighted by molar-refractivity contribution is -0.121. The molecule has 0 aliphatic carbocycles. The molecule has 27 heavy (non-hydrogen) atoms. The average Bonchev–Trinajstić information content (AvgIpc) is 3.09. The second kappa shape index (κ2) is 7.61. The summed E-state index contributed by atoms with van der Waals surface area (Å²) in [6.45, 7) is 2.37. The molecule has 0 fully saturated rings. The van der Waals surface area contributed by atoms with Gasteiger partial charge in [0.05, 0.1) is 11.0 Å². The van der Waals surface area contributed by atoms with Crippen molar-refractivity contribution >= 4 is 22.6 Å². The van der Waals surface area contributed by atoms with Crippen molar-refractivity contribution in [3.05, 3.63) is 70.1 Å². The minimum atomic E-state index is -0.227. The van der Waals surface area contributed by atoms with Gasteiger partial charge in [0.15, 0.2) is 0 Å². The molecule has 1 aliphatic heterocycles. The first-order valence-electron chi connectivity index (χ1n) is 9.28. The molecule has 138 valence electrons. The molecule has 0 saturated carbocycles. The van der Waals surface area contributed by atoms with Gasteiger partial charge in [0, 0.05) is 38.2 Å². The van der Waals surface area contributed by atoms with E-state index in [0.29, 0.717) is 24.2 Å². The maximum Gasteiger partial charge on any atom is 0.270 e. The quantitative estimate of drug-likeness (QED) is 0.703. The number of H-pyrrole nitrogens is 1. The second-order valence-electron chi connectivity index (χ2n) is 6.75. The predicted octanol–water partition coefficient (Wildman–Crippen LogP) is 2.03. The van der Waals surface area contributed by atoms with Crippen LogP contribution < -0.4 is 15.8 Å². The molecule has 0 unspecified atom stereocenters. The van der Waals surface area contributed by atoms with E-state index in [-0.39, 0.29) is 17.9 Å². The normalized spacial score (nSPS) is 13.0. The number of aromatic nitrogens is 2. The molecule has 0 radical (unpaired) electrons. The highest BCUT2D eigenvalue weighted by Gasteiger charge is 2.17. The smallest absolute Gasteiger partial charge is 0.270 e. The number of nitrogens with zero attached hydrogens (tertiary/aromatic N) is 2. The summed E-state index contributed by atoms with van der Waals surface area (Å²) in [5, 5.41) is 2.95. The number of para-hydroxylation sites is 3. The Morgan fingerprint density at radius 1 is 1.15 bits per heavy atom. The number of rotatable bonds is 6.